The molecule has 0 saturated carbocycles. The first-order valence-corrected chi connectivity index (χ1v) is 8.92. The third kappa shape index (κ3) is 3.04. The molecule has 8 heteroatoms. The van der Waals surface area contributed by atoms with E-state index < -0.39 is 0 Å². The van der Waals surface area contributed by atoms with Gasteiger partial charge in [-0.1, -0.05) is 0 Å². The van der Waals surface area contributed by atoms with Crippen LogP contribution in [0.4, 0.5) is 5.69 Å². The van der Waals surface area contributed by atoms with Gasteiger partial charge in [-0.2, -0.15) is 0 Å². The largest absolute Gasteiger partial charge is 0.379 e. The van der Waals surface area contributed by atoms with E-state index in [0.717, 1.165) is 10.6 Å². The van der Waals surface area contributed by atoms with Gasteiger partial charge in [-0.3, -0.25) is 14.2 Å². The highest BCUT2D eigenvalue weighted by Gasteiger charge is 2.23. The molecule has 0 bridgehead atoms. The molecule has 0 spiro atoms. The molecule has 1 aliphatic heterocycles. The van der Waals surface area contributed by atoms with Crippen LogP contribution < -0.4 is 10.9 Å². The van der Waals surface area contributed by atoms with Crippen molar-refractivity contribution in [1.29, 1.82) is 0 Å². The van der Waals surface area contributed by atoms with Crippen molar-refractivity contribution in [2.24, 2.45) is 0 Å². The van der Waals surface area contributed by atoms with Gasteiger partial charge in [-0.05, 0) is 20.3 Å². The number of carbonyl (C=O) groups is 1. The topological polar surface area (TPSA) is 73.2 Å². The predicted molar refractivity (Wildman–Crippen MR) is 88.9 cm³/mol. The summed E-state index contributed by atoms with van der Waals surface area (Å²) < 4.78 is 8.66. The summed E-state index contributed by atoms with van der Waals surface area (Å²) >= 11 is 2.87. The van der Waals surface area contributed by atoms with E-state index >= 15 is 0 Å². The number of fused-ring (bicyclic) bond motifs is 3. The average Bonchev–Trinajstić information content (AvgIpc) is 2.84. The van der Waals surface area contributed by atoms with Crippen LogP contribution in [0.3, 0.4) is 0 Å². The number of hydrogen-bond donors (Lipinski definition) is 1. The summed E-state index contributed by atoms with van der Waals surface area (Å²) in [4.78, 5) is 28.4. The molecule has 0 aliphatic carbocycles. The molecule has 0 aromatic carbocycles. The van der Waals surface area contributed by atoms with E-state index in [-0.39, 0.29) is 17.6 Å². The van der Waals surface area contributed by atoms with Crippen LogP contribution in [0.25, 0.3) is 10.2 Å². The summed E-state index contributed by atoms with van der Waals surface area (Å²) in [6, 6.07) is 0. The fourth-order valence-corrected chi connectivity index (χ4v) is 4.39. The van der Waals surface area contributed by atoms with Gasteiger partial charge in [0.1, 0.15) is 10.2 Å². The third-order valence-electron chi connectivity index (χ3n) is 3.23. The molecule has 1 amide bonds. The van der Waals surface area contributed by atoms with E-state index in [2.05, 4.69) is 10.3 Å². The minimum atomic E-state index is -0.0520. The number of aryl methyl sites for hydroxylation is 1. The van der Waals surface area contributed by atoms with Gasteiger partial charge in [0.2, 0.25) is 5.91 Å². The Kier molecular flexibility index (Phi) is 4.51. The first-order chi connectivity index (χ1) is 10.6. The summed E-state index contributed by atoms with van der Waals surface area (Å²) in [6.07, 6.45) is 2.52. The van der Waals surface area contributed by atoms with Crippen LogP contribution in [0.1, 0.15) is 20.3 Å². The molecule has 0 radical (unpaired) electrons. The Balaban J connectivity index is 1.84. The van der Waals surface area contributed by atoms with Gasteiger partial charge in [-0.25, -0.2) is 4.98 Å². The summed E-state index contributed by atoms with van der Waals surface area (Å²) in [7, 11) is 0. The number of nitrogens with one attached hydrogen (secondary N) is 1. The summed E-state index contributed by atoms with van der Waals surface area (Å²) in [6.45, 7) is 5.18. The Bertz CT molecular complexity index is 767. The maximum atomic E-state index is 12.5. The molecule has 1 aliphatic rings. The number of nitrogens with zero attached hydrogens (tertiary/aromatic N) is 2. The van der Waals surface area contributed by atoms with Gasteiger partial charge in [0.25, 0.3) is 5.56 Å². The molecule has 0 atom stereocenters. The Morgan fingerprint density at radius 1 is 1.45 bits per heavy atom. The number of amides is 1. The lowest BCUT2D eigenvalue weighted by atomic mass is 10.3. The van der Waals surface area contributed by atoms with Crippen LogP contribution in [-0.4, -0.2) is 33.9 Å². The van der Waals surface area contributed by atoms with E-state index in [9.17, 15) is 9.59 Å². The fraction of sp³-hybridized carbons (Fsp3) is 0.500. The summed E-state index contributed by atoms with van der Waals surface area (Å²) in [5.41, 5.74) is 1.23. The predicted octanol–water partition coefficient (Wildman–Crippen LogP) is 2.32. The second kappa shape index (κ2) is 6.39. The van der Waals surface area contributed by atoms with Gasteiger partial charge >= 0.3 is 0 Å². The summed E-state index contributed by atoms with van der Waals surface area (Å²) in [5.74, 6) is 0.342. The molecular weight excluding hydrogens is 322 g/mol. The molecule has 6 nitrogen and oxygen atoms in total. The molecular formula is C14H17N3O3S2. The van der Waals surface area contributed by atoms with E-state index in [1.54, 1.807) is 10.9 Å². The maximum absolute atomic E-state index is 12.5. The smallest absolute Gasteiger partial charge is 0.271 e. The highest BCUT2D eigenvalue weighted by atomic mass is 32.2. The average molecular weight is 339 g/mol. The minimum Gasteiger partial charge on any atom is -0.379 e. The Morgan fingerprint density at radius 3 is 3.05 bits per heavy atom. The number of thioether (sulfide) groups is 1. The first-order valence-electron chi connectivity index (χ1n) is 7.12. The lowest BCUT2D eigenvalue weighted by Gasteiger charge is -2.11. The summed E-state index contributed by atoms with van der Waals surface area (Å²) in [5, 5.41) is 2.81. The second-order valence-electron chi connectivity index (χ2n) is 5.30. The maximum Gasteiger partial charge on any atom is 0.271 e. The van der Waals surface area contributed by atoms with Crippen molar-refractivity contribution in [1.82, 2.24) is 9.55 Å². The van der Waals surface area contributed by atoms with Gasteiger partial charge in [0.05, 0.1) is 28.1 Å². The van der Waals surface area contributed by atoms with Crippen molar-refractivity contribution >= 4 is 44.9 Å². The van der Waals surface area contributed by atoms with E-state index in [4.69, 9.17) is 4.74 Å². The monoisotopic (exact) mass is 339 g/mol. The third-order valence-corrected chi connectivity index (χ3v) is 5.66. The van der Waals surface area contributed by atoms with Crippen LogP contribution in [0, 0.1) is 0 Å². The number of ether oxygens (including phenoxy) is 1. The quantitative estimate of drug-likeness (QED) is 0.846. The van der Waals surface area contributed by atoms with Crippen LogP contribution in [0.2, 0.25) is 0 Å². The molecule has 118 valence electrons. The van der Waals surface area contributed by atoms with Crippen molar-refractivity contribution in [2.75, 3.05) is 17.7 Å². The minimum absolute atomic E-state index is 0.0472. The van der Waals surface area contributed by atoms with Gasteiger partial charge in [-0.15, -0.1) is 23.1 Å². The number of thiophene rings is 1. The molecule has 2 aromatic heterocycles. The van der Waals surface area contributed by atoms with E-state index in [1.807, 2.05) is 13.8 Å². The molecule has 22 heavy (non-hydrogen) atoms. The molecule has 1 N–H and O–H groups in total. The van der Waals surface area contributed by atoms with Crippen molar-refractivity contribution in [3.8, 4) is 0 Å². The number of carbonyl (C=O) groups excluding carboxylic acids is 1. The standard InChI is InChI=1S/C14H17N3O3S2/c1-8(2)20-5-3-4-17-7-15-10-11-14(21-6-9(18)16-11)22-12(10)13(17)19/h7-8H,3-6H2,1-2H3,(H,16,18). The van der Waals surface area contributed by atoms with Gasteiger partial charge in [0.15, 0.2) is 0 Å². The Morgan fingerprint density at radius 2 is 2.27 bits per heavy atom. The molecule has 0 unspecified atom stereocenters. The van der Waals surface area contributed by atoms with E-state index in [1.165, 1.54) is 23.1 Å². The van der Waals surface area contributed by atoms with Crippen LogP contribution >= 0.6 is 23.1 Å². The molecule has 3 rings (SSSR count). The zero-order chi connectivity index (χ0) is 15.7. The lowest BCUT2D eigenvalue weighted by Crippen LogP contribution is -2.21. The second-order valence-corrected chi connectivity index (χ2v) is 7.56. The van der Waals surface area contributed by atoms with Crippen molar-refractivity contribution in [2.45, 2.75) is 37.1 Å². The van der Waals surface area contributed by atoms with Crippen LogP contribution in [-0.2, 0) is 16.1 Å². The van der Waals surface area contributed by atoms with Gasteiger partial charge < -0.3 is 10.1 Å². The molecule has 0 saturated heterocycles. The number of anilines is 1. The van der Waals surface area contributed by atoms with Crippen LogP contribution in [0.5, 0.6) is 0 Å². The molecule has 3 heterocycles. The number of rotatable bonds is 5. The Hall–Kier alpha value is -1.38. The van der Waals surface area contributed by atoms with Crippen molar-refractivity contribution in [3.63, 3.8) is 0 Å². The lowest BCUT2D eigenvalue weighted by molar-refractivity contribution is -0.113. The molecule has 0 fully saturated rings. The highest BCUT2D eigenvalue weighted by Crippen LogP contribution is 2.42. The van der Waals surface area contributed by atoms with Crippen molar-refractivity contribution < 1.29 is 9.53 Å². The Labute approximate surface area is 135 Å². The van der Waals surface area contributed by atoms with E-state index in [0.29, 0.717) is 34.8 Å². The highest BCUT2D eigenvalue weighted by molar-refractivity contribution is 8.02. The van der Waals surface area contributed by atoms with Gasteiger partial charge in [0, 0.05) is 13.2 Å². The SMILES string of the molecule is CC(C)OCCCn1cnc2c3c(sc2c1=O)SCC(=O)N3. The fourth-order valence-electron chi connectivity index (χ4n) is 2.21. The van der Waals surface area contributed by atoms with Crippen molar-refractivity contribution in [3.05, 3.63) is 16.7 Å². The zero-order valence-corrected chi connectivity index (χ0v) is 14.1. The molecule has 2 aromatic rings. The number of aromatic nitrogens is 2. The normalized spacial score (nSPS) is 14.4. The zero-order valence-electron chi connectivity index (χ0n) is 12.4. The van der Waals surface area contributed by atoms with Crippen LogP contribution in [0.15, 0.2) is 15.3 Å². The first kappa shape index (κ1) is 15.5. The number of hydrogen-bond acceptors (Lipinski definition) is 6.